The number of anilines is 1. The number of carbonyl (C=O) groups is 1. The van der Waals surface area contributed by atoms with Crippen molar-refractivity contribution in [3.63, 3.8) is 0 Å². The number of nitrogens with zero attached hydrogens (tertiary/aromatic N) is 1. The quantitative estimate of drug-likeness (QED) is 0.686. The number of hydrogen-bond acceptors (Lipinski definition) is 4. The highest BCUT2D eigenvalue weighted by atomic mass is 79.9. The molecule has 88 valence electrons. The summed E-state index contributed by atoms with van der Waals surface area (Å²) in [6.45, 7) is 0. The number of nitrogens with two attached hydrogens (primary N) is 1. The lowest BCUT2D eigenvalue weighted by atomic mass is 10.1. The predicted octanol–water partition coefficient (Wildman–Crippen LogP) is 2.28. The first kappa shape index (κ1) is 12.8. The maximum absolute atomic E-state index is 12.7. The van der Waals surface area contributed by atoms with E-state index in [1.165, 1.54) is 6.07 Å². The van der Waals surface area contributed by atoms with Gasteiger partial charge in [-0.05, 0) is 6.07 Å². The van der Waals surface area contributed by atoms with Crippen LogP contribution in [-0.2, 0) is 10.1 Å². The number of alkyl halides is 3. The minimum absolute atomic E-state index is 0.0633. The molecule has 0 aliphatic carbocycles. The molecule has 1 aromatic heterocycles. The number of halogens is 3. The van der Waals surface area contributed by atoms with Crippen molar-refractivity contribution in [2.45, 2.75) is 11.8 Å². The number of esters is 1. The first-order valence-electron chi connectivity index (χ1n) is 4.23. The standard InChI is InChI=1S/C9H9BrF2N2O2/c1-16-9(15)6-5(13)2-4(3-10)14-7(6)8(11)12/h2,8H,3H2,1H3,(H2,13,14). The van der Waals surface area contributed by atoms with Crippen LogP contribution in [0.15, 0.2) is 6.07 Å². The third-order valence-corrected chi connectivity index (χ3v) is 2.44. The van der Waals surface area contributed by atoms with Gasteiger partial charge in [0.25, 0.3) is 6.43 Å². The number of methoxy groups -OCH3 is 1. The Morgan fingerprint density at radius 1 is 1.69 bits per heavy atom. The van der Waals surface area contributed by atoms with Crippen LogP contribution in [0.2, 0.25) is 0 Å². The third kappa shape index (κ3) is 2.46. The van der Waals surface area contributed by atoms with E-state index >= 15 is 0 Å². The number of hydrogen-bond donors (Lipinski definition) is 1. The second-order valence-electron chi connectivity index (χ2n) is 2.89. The molecule has 16 heavy (non-hydrogen) atoms. The van der Waals surface area contributed by atoms with Gasteiger partial charge in [0.1, 0.15) is 11.3 Å². The molecule has 0 unspecified atom stereocenters. The third-order valence-electron chi connectivity index (χ3n) is 1.86. The Bertz CT molecular complexity index is 413. The highest BCUT2D eigenvalue weighted by Gasteiger charge is 2.24. The Hall–Kier alpha value is -1.24. The van der Waals surface area contributed by atoms with Gasteiger partial charge in [0, 0.05) is 5.33 Å². The normalized spacial score (nSPS) is 10.6. The molecule has 1 heterocycles. The molecule has 0 aliphatic heterocycles. The van der Waals surface area contributed by atoms with Gasteiger partial charge in [-0.15, -0.1) is 0 Å². The number of ether oxygens (including phenoxy) is 1. The minimum atomic E-state index is -2.88. The van der Waals surface area contributed by atoms with E-state index in [2.05, 4.69) is 25.7 Å². The van der Waals surface area contributed by atoms with Crippen LogP contribution in [0.5, 0.6) is 0 Å². The lowest BCUT2D eigenvalue weighted by molar-refractivity contribution is 0.0588. The van der Waals surface area contributed by atoms with E-state index in [9.17, 15) is 13.6 Å². The van der Waals surface area contributed by atoms with Crippen molar-refractivity contribution in [3.05, 3.63) is 23.0 Å². The smallest absolute Gasteiger partial charge is 0.342 e. The van der Waals surface area contributed by atoms with Crippen LogP contribution >= 0.6 is 15.9 Å². The van der Waals surface area contributed by atoms with Crippen LogP contribution in [0, 0.1) is 0 Å². The number of rotatable bonds is 3. The minimum Gasteiger partial charge on any atom is -0.465 e. The summed E-state index contributed by atoms with van der Waals surface area (Å²) in [6, 6.07) is 1.35. The topological polar surface area (TPSA) is 65.2 Å². The SMILES string of the molecule is COC(=O)c1c(N)cc(CBr)nc1C(F)F. The number of nitrogen functional groups attached to an aromatic ring is 1. The van der Waals surface area contributed by atoms with Crippen molar-refractivity contribution in [3.8, 4) is 0 Å². The summed E-state index contributed by atoms with van der Waals surface area (Å²) in [5.74, 6) is -0.915. The number of aromatic nitrogens is 1. The van der Waals surface area contributed by atoms with Gasteiger partial charge < -0.3 is 10.5 Å². The average molecular weight is 295 g/mol. The van der Waals surface area contributed by atoms with E-state index in [1.807, 2.05) is 0 Å². The summed E-state index contributed by atoms with van der Waals surface area (Å²) < 4.78 is 29.7. The van der Waals surface area contributed by atoms with Crippen LogP contribution in [0.25, 0.3) is 0 Å². The van der Waals surface area contributed by atoms with E-state index < -0.39 is 18.1 Å². The molecule has 0 aromatic carbocycles. The van der Waals surface area contributed by atoms with Crippen LogP contribution in [0.3, 0.4) is 0 Å². The van der Waals surface area contributed by atoms with Gasteiger partial charge in [0.2, 0.25) is 0 Å². The fourth-order valence-corrected chi connectivity index (χ4v) is 1.48. The lowest BCUT2D eigenvalue weighted by Crippen LogP contribution is -2.13. The molecule has 0 amide bonds. The molecule has 0 spiro atoms. The Morgan fingerprint density at radius 3 is 2.75 bits per heavy atom. The Morgan fingerprint density at radius 2 is 2.31 bits per heavy atom. The summed E-state index contributed by atoms with van der Waals surface area (Å²) in [4.78, 5) is 14.9. The molecular weight excluding hydrogens is 286 g/mol. The van der Waals surface area contributed by atoms with Crippen molar-refractivity contribution in [2.75, 3.05) is 12.8 Å². The van der Waals surface area contributed by atoms with Gasteiger partial charge in [-0.3, -0.25) is 0 Å². The zero-order valence-electron chi connectivity index (χ0n) is 8.34. The molecular formula is C9H9BrF2N2O2. The van der Waals surface area contributed by atoms with Crippen molar-refractivity contribution in [1.82, 2.24) is 4.98 Å². The second-order valence-corrected chi connectivity index (χ2v) is 3.45. The summed E-state index contributed by atoms with van der Waals surface area (Å²) in [5.41, 5.74) is 4.76. The molecule has 7 heteroatoms. The van der Waals surface area contributed by atoms with E-state index in [0.29, 0.717) is 5.69 Å². The molecule has 0 atom stereocenters. The summed E-state index contributed by atoms with van der Waals surface area (Å²) in [5, 5.41) is 0.276. The molecule has 0 bridgehead atoms. The lowest BCUT2D eigenvalue weighted by Gasteiger charge is -2.10. The van der Waals surface area contributed by atoms with Crippen LogP contribution in [0.4, 0.5) is 14.5 Å². The molecule has 0 saturated carbocycles. The van der Waals surface area contributed by atoms with Crippen molar-refractivity contribution in [1.29, 1.82) is 0 Å². The summed E-state index contributed by atoms with van der Waals surface area (Å²) >= 11 is 3.07. The molecule has 0 saturated heterocycles. The van der Waals surface area contributed by atoms with E-state index in [-0.39, 0.29) is 16.6 Å². The molecule has 0 aliphatic rings. The summed E-state index contributed by atoms with van der Waals surface area (Å²) in [6.07, 6.45) is -2.88. The molecule has 2 N–H and O–H groups in total. The highest BCUT2D eigenvalue weighted by Crippen LogP contribution is 2.27. The second kappa shape index (κ2) is 5.20. The molecule has 1 aromatic rings. The number of carbonyl (C=O) groups excluding carboxylic acids is 1. The highest BCUT2D eigenvalue weighted by molar-refractivity contribution is 9.08. The zero-order valence-corrected chi connectivity index (χ0v) is 9.92. The van der Waals surface area contributed by atoms with Gasteiger partial charge >= 0.3 is 5.97 Å². The van der Waals surface area contributed by atoms with Crippen molar-refractivity contribution >= 4 is 27.6 Å². The monoisotopic (exact) mass is 294 g/mol. The first-order chi connectivity index (χ1) is 7.51. The van der Waals surface area contributed by atoms with Crippen LogP contribution in [-0.4, -0.2) is 18.1 Å². The van der Waals surface area contributed by atoms with Gasteiger partial charge in [-0.2, -0.15) is 0 Å². The Kier molecular flexibility index (Phi) is 4.17. The van der Waals surface area contributed by atoms with Gasteiger partial charge in [0.05, 0.1) is 18.5 Å². The van der Waals surface area contributed by atoms with E-state index in [4.69, 9.17) is 5.73 Å². The van der Waals surface area contributed by atoms with E-state index in [0.717, 1.165) is 7.11 Å². The fourth-order valence-electron chi connectivity index (χ4n) is 1.19. The van der Waals surface area contributed by atoms with Crippen LogP contribution < -0.4 is 5.73 Å². The van der Waals surface area contributed by atoms with Crippen LogP contribution in [0.1, 0.15) is 28.2 Å². The first-order valence-corrected chi connectivity index (χ1v) is 5.35. The average Bonchev–Trinajstić information content (AvgIpc) is 2.26. The molecule has 1 rings (SSSR count). The maximum atomic E-state index is 12.7. The van der Waals surface area contributed by atoms with Gasteiger partial charge in [-0.1, -0.05) is 15.9 Å². The Balaban J connectivity index is 3.39. The molecule has 0 radical (unpaired) electrons. The number of pyridine rings is 1. The molecule has 0 fully saturated rings. The van der Waals surface area contributed by atoms with Crippen molar-refractivity contribution in [2.24, 2.45) is 0 Å². The van der Waals surface area contributed by atoms with Gasteiger partial charge in [-0.25, -0.2) is 18.6 Å². The predicted molar refractivity (Wildman–Crippen MR) is 57.6 cm³/mol. The largest absolute Gasteiger partial charge is 0.465 e. The van der Waals surface area contributed by atoms with Gasteiger partial charge in [0.15, 0.2) is 0 Å². The molecule has 4 nitrogen and oxygen atoms in total. The summed E-state index contributed by atoms with van der Waals surface area (Å²) in [7, 11) is 1.09. The Labute approximate surface area is 98.9 Å². The maximum Gasteiger partial charge on any atom is 0.342 e. The fraction of sp³-hybridized carbons (Fsp3) is 0.333. The van der Waals surface area contributed by atoms with E-state index in [1.54, 1.807) is 0 Å². The zero-order chi connectivity index (χ0) is 12.3. The van der Waals surface area contributed by atoms with Crippen molar-refractivity contribution < 1.29 is 18.3 Å².